The SMILES string of the molecule is CCC(NC(=O)c1ccc(Cl)s1)C(=O)O. The number of aliphatic carboxylic acids is 1. The Morgan fingerprint density at radius 3 is 2.67 bits per heavy atom. The molecule has 1 rings (SSSR count). The molecule has 1 aromatic rings. The molecule has 15 heavy (non-hydrogen) atoms. The Labute approximate surface area is 95.9 Å². The first-order valence-electron chi connectivity index (χ1n) is 4.33. The van der Waals surface area contributed by atoms with E-state index >= 15 is 0 Å². The van der Waals surface area contributed by atoms with E-state index < -0.39 is 17.9 Å². The smallest absolute Gasteiger partial charge is 0.326 e. The Balaban J connectivity index is 2.66. The number of carbonyl (C=O) groups excluding carboxylic acids is 1. The third-order valence-electron chi connectivity index (χ3n) is 1.81. The molecule has 0 aliphatic rings. The second-order valence-corrected chi connectivity index (χ2v) is 4.59. The molecule has 0 aromatic carbocycles. The molecule has 0 saturated heterocycles. The minimum absolute atomic E-state index is 0.347. The topological polar surface area (TPSA) is 66.4 Å². The van der Waals surface area contributed by atoms with Crippen molar-refractivity contribution in [2.24, 2.45) is 0 Å². The minimum Gasteiger partial charge on any atom is -0.480 e. The Hall–Kier alpha value is -1.07. The number of amides is 1. The molecule has 1 aromatic heterocycles. The van der Waals surface area contributed by atoms with Crippen LogP contribution in [0.5, 0.6) is 0 Å². The van der Waals surface area contributed by atoms with E-state index in [-0.39, 0.29) is 0 Å². The maximum atomic E-state index is 11.5. The zero-order valence-corrected chi connectivity index (χ0v) is 9.56. The molecular formula is C9H10ClNO3S. The van der Waals surface area contributed by atoms with Crippen LogP contribution >= 0.6 is 22.9 Å². The number of carboxylic acid groups (broad SMARTS) is 1. The Kier molecular flexibility index (Phi) is 4.11. The summed E-state index contributed by atoms with van der Waals surface area (Å²) in [6.07, 6.45) is 0.347. The van der Waals surface area contributed by atoms with Gasteiger partial charge in [0, 0.05) is 0 Å². The van der Waals surface area contributed by atoms with Gasteiger partial charge < -0.3 is 10.4 Å². The first-order chi connectivity index (χ1) is 7.04. The summed E-state index contributed by atoms with van der Waals surface area (Å²) < 4.78 is 0.503. The highest BCUT2D eigenvalue weighted by molar-refractivity contribution is 7.18. The van der Waals surface area contributed by atoms with Gasteiger partial charge in [0.15, 0.2) is 0 Å². The number of hydrogen-bond donors (Lipinski definition) is 2. The fraction of sp³-hybridized carbons (Fsp3) is 0.333. The van der Waals surface area contributed by atoms with Crippen molar-refractivity contribution in [3.63, 3.8) is 0 Å². The van der Waals surface area contributed by atoms with Crippen molar-refractivity contribution >= 4 is 34.8 Å². The van der Waals surface area contributed by atoms with E-state index in [2.05, 4.69) is 5.32 Å². The molecule has 1 amide bonds. The van der Waals surface area contributed by atoms with Gasteiger partial charge in [-0.25, -0.2) is 4.79 Å². The second kappa shape index (κ2) is 5.14. The van der Waals surface area contributed by atoms with Gasteiger partial charge >= 0.3 is 5.97 Å². The molecule has 4 nitrogen and oxygen atoms in total. The van der Waals surface area contributed by atoms with E-state index in [4.69, 9.17) is 16.7 Å². The maximum Gasteiger partial charge on any atom is 0.326 e. The van der Waals surface area contributed by atoms with Gasteiger partial charge in [-0.05, 0) is 18.6 Å². The molecular weight excluding hydrogens is 238 g/mol. The number of hydrogen-bond acceptors (Lipinski definition) is 3. The third-order valence-corrected chi connectivity index (χ3v) is 3.04. The molecule has 2 N–H and O–H groups in total. The first kappa shape index (κ1) is 12.0. The fourth-order valence-corrected chi connectivity index (χ4v) is 1.95. The van der Waals surface area contributed by atoms with Gasteiger partial charge in [0.25, 0.3) is 5.91 Å². The fourth-order valence-electron chi connectivity index (χ4n) is 1.00. The van der Waals surface area contributed by atoms with Crippen LogP contribution in [0.2, 0.25) is 4.34 Å². The quantitative estimate of drug-likeness (QED) is 0.855. The lowest BCUT2D eigenvalue weighted by Gasteiger charge is -2.10. The summed E-state index contributed by atoms with van der Waals surface area (Å²) in [4.78, 5) is 22.6. The molecule has 0 spiro atoms. The molecule has 1 heterocycles. The summed E-state index contributed by atoms with van der Waals surface area (Å²) in [5.74, 6) is -1.44. The van der Waals surface area contributed by atoms with Crippen molar-refractivity contribution in [1.82, 2.24) is 5.32 Å². The lowest BCUT2D eigenvalue weighted by molar-refractivity contribution is -0.139. The molecule has 0 fully saturated rings. The zero-order chi connectivity index (χ0) is 11.4. The summed E-state index contributed by atoms with van der Waals surface area (Å²) >= 11 is 6.78. The number of carbonyl (C=O) groups is 2. The summed E-state index contributed by atoms with van der Waals surface area (Å²) in [6, 6.07) is 2.32. The van der Waals surface area contributed by atoms with Crippen LogP contribution in [0.25, 0.3) is 0 Å². The molecule has 0 saturated carbocycles. The van der Waals surface area contributed by atoms with E-state index in [1.807, 2.05) is 0 Å². The normalized spacial score (nSPS) is 12.1. The van der Waals surface area contributed by atoms with Crippen LogP contribution in [0.1, 0.15) is 23.0 Å². The van der Waals surface area contributed by atoms with Gasteiger partial charge in [-0.15, -0.1) is 11.3 Å². The first-order valence-corrected chi connectivity index (χ1v) is 5.53. The monoisotopic (exact) mass is 247 g/mol. The van der Waals surface area contributed by atoms with Crippen molar-refractivity contribution in [3.05, 3.63) is 21.3 Å². The molecule has 1 atom stereocenters. The van der Waals surface area contributed by atoms with Crippen molar-refractivity contribution in [2.75, 3.05) is 0 Å². The number of halogens is 1. The van der Waals surface area contributed by atoms with Gasteiger partial charge in [-0.2, -0.15) is 0 Å². The summed E-state index contributed by atoms with van der Waals surface area (Å²) in [7, 11) is 0. The van der Waals surface area contributed by atoms with E-state index in [9.17, 15) is 9.59 Å². The van der Waals surface area contributed by atoms with Crippen molar-refractivity contribution < 1.29 is 14.7 Å². The van der Waals surface area contributed by atoms with Crippen LogP contribution in [0.4, 0.5) is 0 Å². The molecule has 1 unspecified atom stereocenters. The molecule has 6 heteroatoms. The van der Waals surface area contributed by atoms with Crippen molar-refractivity contribution in [1.29, 1.82) is 0 Å². The predicted octanol–water partition coefficient (Wildman–Crippen LogP) is 1.99. The highest BCUT2D eigenvalue weighted by Gasteiger charge is 2.19. The summed E-state index contributed by atoms with van der Waals surface area (Å²) in [5, 5.41) is 11.1. The van der Waals surface area contributed by atoms with Crippen LogP contribution < -0.4 is 5.32 Å². The van der Waals surface area contributed by atoms with E-state index in [0.29, 0.717) is 15.6 Å². The highest BCUT2D eigenvalue weighted by atomic mass is 35.5. The average Bonchev–Trinajstić information content (AvgIpc) is 2.60. The molecule has 0 bridgehead atoms. The largest absolute Gasteiger partial charge is 0.480 e. The molecule has 0 aliphatic heterocycles. The third kappa shape index (κ3) is 3.21. The van der Waals surface area contributed by atoms with E-state index in [1.165, 1.54) is 0 Å². The Morgan fingerprint density at radius 2 is 2.27 bits per heavy atom. The Morgan fingerprint density at radius 1 is 1.60 bits per heavy atom. The number of thiophene rings is 1. The molecule has 0 aliphatic carbocycles. The second-order valence-electron chi connectivity index (χ2n) is 2.88. The number of nitrogens with one attached hydrogen (secondary N) is 1. The lowest BCUT2D eigenvalue weighted by atomic mass is 10.2. The highest BCUT2D eigenvalue weighted by Crippen LogP contribution is 2.21. The Bertz CT molecular complexity index is 377. The van der Waals surface area contributed by atoms with E-state index in [1.54, 1.807) is 19.1 Å². The van der Waals surface area contributed by atoms with Gasteiger partial charge in [0.05, 0.1) is 9.21 Å². The summed E-state index contributed by atoms with van der Waals surface area (Å²) in [5.41, 5.74) is 0. The zero-order valence-electron chi connectivity index (χ0n) is 7.99. The molecule has 0 radical (unpaired) electrons. The van der Waals surface area contributed by atoms with Crippen LogP contribution in [0.15, 0.2) is 12.1 Å². The van der Waals surface area contributed by atoms with Crippen LogP contribution in [-0.2, 0) is 4.79 Å². The van der Waals surface area contributed by atoms with Gasteiger partial charge in [-0.1, -0.05) is 18.5 Å². The van der Waals surface area contributed by atoms with Crippen LogP contribution in [0, 0.1) is 0 Å². The van der Waals surface area contributed by atoms with Crippen molar-refractivity contribution in [2.45, 2.75) is 19.4 Å². The van der Waals surface area contributed by atoms with E-state index in [0.717, 1.165) is 11.3 Å². The molecule has 82 valence electrons. The van der Waals surface area contributed by atoms with Crippen LogP contribution in [-0.4, -0.2) is 23.0 Å². The average molecular weight is 248 g/mol. The van der Waals surface area contributed by atoms with Gasteiger partial charge in [-0.3, -0.25) is 4.79 Å². The maximum absolute atomic E-state index is 11.5. The number of rotatable bonds is 4. The minimum atomic E-state index is -1.03. The van der Waals surface area contributed by atoms with Crippen LogP contribution in [0.3, 0.4) is 0 Å². The summed E-state index contributed by atoms with van der Waals surface area (Å²) in [6.45, 7) is 1.69. The number of carboxylic acids is 1. The lowest BCUT2D eigenvalue weighted by Crippen LogP contribution is -2.39. The standard InChI is InChI=1S/C9H10ClNO3S/c1-2-5(9(13)14)11-8(12)6-3-4-7(10)15-6/h3-5H,2H2,1H3,(H,11,12)(H,13,14). The predicted molar refractivity (Wildman–Crippen MR) is 58.5 cm³/mol. The van der Waals surface area contributed by atoms with Gasteiger partial charge in [0.2, 0.25) is 0 Å². The van der Waals surface area contributed by atoms with Crippen molar-refractivity contribution in [3.8, 4) is 0 Å². The van der Waals surface area contributed by atoms with Gasteiger partial charge in [0.1, 0.15) is 6.04 Å².